The molecule has 1 aromatic carbocycles. The van der Waals surface area contributed by atoms with E-state index in [4.69, 9.17) is 0 Å². The fourth-order valence-corrected chi connectivity index (χ4v) is 4.43. The maximum Gasteiger partial charge on any atom is 0.333 e. The maximum atomic E-state index is 12.7. The molecule has 0 bridgehead atoms. The van der Waals surface area contributed by atoms with Crippen molar-refractivity contribution in [3.05, 3.63) is 42.2 Å². The molecule has 136 valence electrons. The Hall–Kier alpha value is -2.00. The van der Waals surface area contributed by atoms with Gasteiger partial charge in [0, 0.05) is 31.4 Å². The van der Waals surface area contributed by atoms with E-state index in [0.717, 1.165) is 23.6 Å². The van der Waals surface area contributed by atoms with Crippen molar-refractivity contribution in [3.63, 3.8) is 0 Å². The van der Waals surface area contributed by atoms with E-state index in [1.807, 2.05) is 38.1 Å². The Balaban J connectivity index is 1.76. The van der Waals surface area contributed by atoms with E-state index in [-0.39, 0.29) is 17.5 Å². The number of hydrogen-bond donors (Lipinski definition) is 0. The monoisotopic (exact) mass is 370 g/mol. The third-order valence-electron chi connectivity index (χ3n) is 4.37. The lowest BCUT2D eigenvalue weighted by atomic mass is 10.1. The highest BCUT2D eigenvalue weighted by molar-refractivity contribution is 7.89. The second-order valence-electron chi connectivity index (χ2n) is 6.17. The topological polar surface area (TPSA) is 58.4 Å². The number of piperazine rings is 1. The highest BCUT2D eigenvalue weighted by Crippen LogP contribution is 2.25. The van der Waals surface area contributed by atoms with E-state index in [0.29, 0.717) is 17.8 Å². The number of hydrogen-bond acceptors (Lipinski definition) is 4. The molecule has 1 aliphatic heterocycles. The zero-order valence-electron chi connectivity index (χ0n) is 14.0. The van der Waals surface area contributed by atoms with Crippen LogP contribution in [0.3, 0.4) is 0 Å². The Labute approximate surface area is 145 Å². The third-order valence-corrected chi connectivity index (χ3v) is 6.19. The van der Waals surface area contributed by atoms with Gasteiger partial charge in [-0.05, 0) is 26.0 Å². The number of rotatable bonds is 4. The lowest BCUT2D eigenvalue weighted by Crippen LogP contribution is -2.53. The van der Waals surface area contributed by atoms with E-state index >= 15 is 0 Å². The van der Waals surface area contributed by atoms with Crippen molar-refractivity contribution in [2.24, 2.45) is 0 Å². The Morgan fingerprint density at radius 3 is 2.44 bits per heavy atom. The molecule has 25 heavy (non-hydrogen) atoms. The van der Waals surface area contributed by atoms with Crippen LogP contribution in [0.25, 0.3) is 0 Å². The normalized spacial score (nSPS) is 19.6. The molecule has 0 spiro atoms. The van der Waals surface area contributed by atoms with E-state index in [1.165, 1.54) is 4.31 Å². The molecule has 0 N–H and O–H groups in total. The average Bonchev–Trinajstić information content (AvgIpc) is 3.07. The minimum Gasteiger partial charge on any atom is -0.366 e. The summed E-state index contributed by atoms with van der Waals surface area (Å²) in [5.74, 6) is 0. The fraction of sp³-hybridized carbons (Fsp3) is 0.438. The van der Waals surface area contributed by atoms with Crippen LogP contribution in [0.5, 0.6) is 0 Å². The van der Waals surface area contributed by atoms with Crippen molar-refractivity contribution in [2.75, 3.05) is 24.5 Å². The zero-order valence-corrected chi connectivity index (χ0v) is 14.8. The molecule has 0 saturated carbocycles. The molecule has 2 aromatic rings. The number of benzene rings is 1. The lowest BCUT2D eigenvalue weighted by molar-refractivity contribution is 0.0563. The maximum absolute atomic E-state index is 12.7. The Morgan fingerprint density at radius 1 is 1.20 bits per heavy atom. The second kappa shape index (κ2) is 6.72. The number of anilines is 1. The first kappa shape index (κ1) is 17.8. The summed E-state index contributed by atoms with van der Waals surface area (Å²) in [5, 5.41) is 3.42. The van der Waals surface area contributed by atoms with E-state index < -0.39 is 16.6 Å². The third kappa shape index (κ3) is 3.52. The van der Waals surface area contributed by atoms with E-state index in [2.05, 4.69) is 10.00 Å². The summed E-state index contributed by atoms with van der Waals surface area (Å²) in [6, 6.07) is 8.04. The molecule has 1 atom stereocenters. The molecular formula is C16H20F2N4O2S. The summed E-state index contributed by atoms with van der Waals surface area (Å²) in [4.78, 5) is 1.94. The molecule has 9 heteroatoms. The van der Waals surface area contributed by atoms with Crippen molar-refractivity contribution in [2.45, 2.75) is 31.3 Å². The molecule has 1 fully saturated rings. The van der Waals surface area contributed by atoms with Crippen molar-refractivity contribution in [3.8, 4) is 0 Å². The van der Waals surface area contributed by atoms with Crippen molar-refractivity contribution < 1.29 is 17.2 Å². The van der Waals surface area contributed by atoms with Crippen LogP contribution in [0.4, 0.5) is 14.5 Å². The molecule has 1 aliphatic rings. The average molecular weight is 370 g/mol. The van der Waals surface area contributed by atoms with Crippen LogP contribution in [0, 0.1) is 6.92 Å². The molecular weight excluding hydrogens is 350 g/mol. The van der Waals surface area contributed by atoms with E-state index in [1.54, 1.807) is 0 Å². The first-order valence-corrected chi connectivity index (χ1v) is 9.39. The first-order chi connectivity index (χ1) is 11.8. The van der Waals surface area contributed by atoms with Crippen LogP contribution in [0.1, 0.15) is 19.0 Å². The van der Waals surface area contributed by atoms with Crippen LogP contribution >= 0.6 is 0 Å². The molecule has 0 unspecified atom stereocenters. The van der Waals surface area contributed by atoms with Crippen LogP contribution < -0.4 is 4.90 Å². The van der Waals surface area contributed by atoms with Gasteiger partial charge in [-0.2, -0.15) is 18.2 Å². The quantitative estimate of drug-likeness (QED) is 0.830. The van der Waals surface area contributed by atoms with Gasteiger partial charge < -0.3 is 4.90 Å². The first-order valence-electron chi connectivity index (χ1n) is 7.95. The number of aromatic nitrogens is 2. The van der Waals surface area contributed by atoms with Gasteiger partial charge in [0.05, 0.1) is 12.4 Å². The Bertz CT molecular complexity index is 836. The molecule has 6 nitrogen and oxygen atoms in total. The second-order valence-corrected chi connectivity index (χ2v) is 8.11. The van der Waals surface area contributed by atoms with Crippen molar-refractivity contribution in [1.82, 2.24) is 14.1 Å². The number of nitrogens with zero attached hydrogens (tertiary/aromatic N) is 4. The van der Waals surface area contributed by atoms with Crippen LogP contribution in [-0.2, 0) is 10.0 Å². The lowest BCUT2D eigenvalue weighted by Gasteiger charge is -2.40. The Kier molecular flexibility index (Phi) is 4.79. The molecule has 0 aliphatic carbocycles. The SMILES string of the molecule is Cc1ccc(N2CCN(S(=O)(=O)c3cnn(C(F)F)c3)C[C@H]2C)cc1. The van der Waals surface area contributed by atoms with Crippen molar-refractivity contribution >= 4 is 15.7 Å². The molecule has 0 radical (unpaired) electrons. The van der Waals surface area contributed by atoms with Gasteiger partial charge in [0.15, 0.2) is 0 Å². The number of alkyl halides is 2. The predicted molar refractivity (Wildman–Crippen MR) is 90.2 cm³/mol. The number of sulfonamides is 1. The van der Waals surface area contributed by atoms with Gasteiger partial charge in [0.2, 0.25) is 10.0 Å². The number of halogens is 2. The van der Waals surface area contributed by atoms with Gasteiger partial charge in [-0.3, -0.25) is 0 Å². The highest BCUT2D eigenvalue weighted by atomic mass is 32.2. The smallest absolute Gasteiger partial charge is 0.333 e. The summed E-state index contributed by atoms with van der Waals surface area (Å²) < 4.78 is 52.3. The summed E-state index contributed by atoms with van der Waals surface area (Å²) >= 11 is 0. The zero-order chi connectivity index (χ0) is 18.2. The van der Waals surface area contributed by atoms with Gasteiger partial charge in [-0.1, -0.05) is 17.7 Å². The largest absolute Gasteiger partial charge is 0.366 e. The van der Waals surface area contributed by atoms with E-state index in [9.17, 15) is 17.2 Å². The minimum absolute atomic E-state index is 0.0311. The molecule has 2 heterocycles. The molecule has 1 saturated heterocycles. The summed E-state index contributed by atoms with van der Waals surface area (Å²) in [6.07, 6.45) is 1.84. The molecule has 0 amide bonds. The van der Waals surface area contributed by atoms with Crippen LogP contribution in [-0.4, -0.2) is 48.2 Å². The van der Waals surface area contributed by atoms with Crippen molar-refractivity contribution in [1.29, 1.82) is 0 Å². The summed E-state index contributed by atoms with van der Waals surface area (Å²) in [5.41, 5.74) is 2.20. The Morgan fingerprint density at radius 2 is 1.88 bits per heavy atom. The van der Waals surface area contributed by atoms with Gasteiger partial charge in [0.1, 0.15) is 4.90 Å². The fourth-order valence-electron chi connectivity index (χ4n) is 2.97. The minimum atomic E-state index is -3.83. The highest BCUT2D eigenvalue weighted by Gasteiger charge is 2.33. The van der Waals surface area contributed by atoms with Crippen LogP contribution in [0.15, 0.2) is 41.6 Å². The van der Waals surface area contributed by atoms with Gasteiger partial charge >= 0.3 is 6.55 Å². The van der Waals surface area contributed by atoms with Gasteiger partial charge in [-0.15, -0.1) is 0 Å². The standard InChI is InChI=1S/C16H20F2N4O2S/c1-12-3-5-14(6-4-12)21-8-7-20(10-13(21)2)25(23,24)15-9-19-22(11-15)16(17)18/h3-6,9,11,13,16H,7-8,10H2,1-2H3/t13-/m1/s1. The molecule has 1 aromatic heterocycles. The van der Waals surface area contributed by atoms with Crippen LogP contribution in [0.2, 0.25) is 0 Å². The summed E-state index contributed by atoms with van der Waals surface area (Å²) in [6.45, 7) is 2.21. The van der Waals surface area contributed by atoms with Gasteiger partial charge in [-0.25, -0.2) is 13.1 Å². The summed E-state index contributed by atoms with van der Waals surface area (Å²) in [7, 11) is -3.83. The molecule has 3 rings (SSSR count). The predicted octanol–water partition coefficient (Wildman–Crippen LogP) is 2.49. The van der Waals surface area contributed by atoms with Gasteiger partial charge in [0.25, 0.3) is 0 Å². The number of aryl methyl sites for hydroxylation is 1.